The number of thiazole rings is 1. The molecule has 9 heteroatoms. The Balaban J connectivity index is 1.66. The standard InChI is InChI=1S/C16H17N5O3S/c1-9-4-5-12-13(8-9)25-16(17-12)18-14(22)6-7-20-11(3)15(21(23)24)10(2)19-20/h4-5,8H,6-7H2,1-3H3,(H,17,18,22). The number of carbonyl (C=O) groups excluding carboxylic acids is 1. The molecular weight excluding hydrogens is 342 g/mol. The van der Waals surface area contributed by atoms with Gasteiger partial charge in [-0.25, -0.2) is 4.98 Å². The molecule has 0 saturated carbocycles. The number of fused-ring (bicyclic) bond motifs is 1. The first kappa shape index (κ1) is 17.0. The van der Waals surface area contributed by atoms with Gasteiger partial charge in [0.15, 0.2) is 5.13 Å². The van der Waals surface area contributed by atoms with Crippen LogP contribution in [0, 0.1) is 30.9 Å². The van der Waals surface area contributed by atoms with Gasteiger partial charge < -0.3 is 5.32 Å². The Morgan fingerprint density at radius 1 is 1.36 bits per heavy atom. The van der Waals surface area contributed by atoms with Crippen molar-refractivity contribution in [3.63, 3.8) is 0 Å². The lowest BCUT2D eigenvalue weighted by atomic mass is 10.2. The molecule has 1 amide bonds. The van der Waals surface area contributed by atoms with Gasteiger partial charge in [0, 0.05) is 6.42 Å². The van der Waals surface area contributed by atoms with Crippen LogP contribution >= 0.6 is 11.3 Å². The number of nitro groups is 1. The van der Waals surface area contributed by atoms with Gasteiger partial charge in [0.05, 0.1) is 21.7 Å². The zero-order valence-electron chi connectivity index (χ0n) is 14.1. The van der Waals surface area contributed by atoms with E-state index in [4.69, 9.17) is 0 Å². The van der Waals surface area contributed by atoms with Gasteiger partial charge in [0.25, 0.3) is 0 Å². The van der Waals surface area contributed by atoms with Crippen LogP contribution < -0.4 is 5.32 Å². The van der Waals surface area contributed by atoms with E-state index in [1.165, 1.54) is 16.0 Å². The first-order chi connectivity index (χ1) is 11.8. The second-order valence-corrected chi connectivity index (χ2v) is 6.82. The van der Waals surface area contributed by atoms with Gasteiger partial charge in [0.1, 0.15) is 11.4 Å². The molecule has 2 heterocycles. The number of nitrogens with zero attached hydrogens (tertiary/aromatic N) is 4. The predicted octanol–water partition coefficient (Wildman–Crippen LogP) is 3.36. The van der Waals surface area contributed by atoms with Gasteiger partial charge in [-0.05, 0) is 38.5 Å². The number of hydrogen-bond acceptors (Lipinski definition) is 6. The van der Waals surface area contributed by atoms with E-state index in [0.717, 1.165) is 15.8 Å². The van der Waals surface area contributed by atoms with Crippen molar-refractivity contribution in [2.45, 2.75) is 33.7 Å². The Morgan fingerprint density at radius 2 is 2.12 bits per heavy atom. The maximum absolute atomic E-state index is 12.1. The monoisotopic (exact) mass is 359 g/mol. The van der Waals surface area contributed by atoms with E-state index in [1.807, 2.05) is 25.1 Å². The minimum absolute atomic E-state index is 0.00181. The summed E-state index contributed by atoms with van der Waals surface area (Å²) in [5.41, 5.74) is 2.79. The zero-order chi connectivity index (χ0) is 18.1. The molecule has 0 fully saturated rings. The third-order valence-electron chi connectivity index (χ3n) is 3.87. The summed E-state index contributed by atoms with van der Waals surface area (Å²) in [5.74, 6) is -0.203. The summed E-state index contributed by atoms with van der Waals surface area (Å²) in [6, 6.07) is 5.92. The quantitative estimate of drug-likeness (QED) is 0.556. The number of hydrogen-bond donors (Lipinski definition) is 1. The smallest absolute Gasteiger partial charge is 0.302 e. The first-order valence-corrected chi connectivity index (χ1v) is 8.52. The molecule has 1 N–H and O–H groups in total. The topological polar surface area (TPSA) is 103 Å². The Bertz CT molecular complexity index is 976. The van der Waals surface area contributed by atoms with Crippen molar-refractivity contribution in [1.82, 2.24) is 14.8 Å². The molecule has 0 spiro atoms. The lowest BCUT2D eigenvalue weighted by Crippen LogP contribution is -2.15. The third kappa shape index (κ3) is 3.50. The van der Waals surface area contributed by atoms with E-state index in [-0.39, 0.29) is 24.6 Å². The van der Waals surface area contributed by atoms with E-state index in [0.29, 0.717) is 16.5 Å². The summed E-state index contributed by atoms with van der Waals surface area (Å²) in [7, 11) is 0. The molecule has 0 radical (unpaired) electrons. The maximum atomic E-state index is 12.1. The molecule has 3 aromatic rings. The second-order valence-electron chi connectivity index (χ2n) is 5.79. The maximum Gasteiger partial charge on any atom is 0.312 e. The molecule has 0 unspecified atom stereocenters. The summed E-state index contributed by atoms with van der Waals surface area (Å²) in [6.45, 7) is 5.50. The highest BCUT2D eigenvalue weighted by Gasteiger charge is 2.21. The predicted molar refractivity (Wildman–Crippen MR) is 96.0 cm³/mol. The van der Waals surface area contributed by atoms with Crippen molar-refractivity contribution in [1.29, 1.82) is 0 Å². The lowest BCUT2D eigenvalue weighted by molar-refractivity contribution is -0.386. The van der Waals surface area contributed by atoms with Crippen LogP contribution in [0.15, 0.2) is 18.2 Å². The van der Waals surface area contributed by atoms with Crippen LogP contribution in [0.2, 0.25) is 0 Å². The molecule has 0 aliphatic heterocycles. The molecule has 8 nitrogen and oxygen atoms in total. The molecule has 130 valence electrons. The number of aromatic nitrogens is 3. The Hall–Kier alpha value is -2.81. The van der Waals surface area contributed by atoms with Crippen molar-refractivity contribution in [3.8, 4) is 0 Å². The molecular formula is C16H17N5O3S. The molecule has 25 heavy (non-hydrogen) atoms. The van der Waals surface area contributed by atoms with Crippen molar-refractivity contribution < 1.29 is 9.72 Å². The summed E-state index contributed by atoms with van der Waals surface area (Å²) >= 11 is 1.42. The number of aryl methyl sites for hydroxylation is 3. The van der Waals surface area contributed by atoms with Crippen molar-refractivity contribution in [3.05, 3.63) is 45.3 Å². The number of nitrogens with one attached hydrogen (secondary N) is 1. The molecule has 0 aliphatic rings. The number of carbonyl (C=O) groups is 1. The summed E-state index contributed by atoms with van der Waals surface area (Å²) < 4.78 is 2.51. The number of amides is 1. The van der Waals surface area contributed by atoms with E-state index >= 15 is 0 Å². The average molecular weight is 359 g/mol. The molecule has 0 saturated heterocycles. The van der Waals surface area contributed by atoms with Gasteiger partial charge >= 0.3 is 5.69 Å². The molecule has 0 atom stereocenters. The van der Waals surface area contributed by atoms with Crippen LogP contribution in [0.4, 0.5) is 10.8 Å². The molecule has 3 rings (SSSR count). The second kappa shape index (κ2) is 6.60. The fraction of sp³-hybridized carbons (Fsp3) is 0.312. The minimum Gasteiger partial charge on any atom is -0.302 e. The molecule has 1 aromatic carbocycles. The minimum atomic E-state index is -0.447. The average Bonchev–Trinajstić information content (AvgIpc) is 3.04. The van der Waals surface area contributed by atoms with E-state index in [2.05, 4.69) is 15.4 Å². The Morgan fingerprint density at radius 3 is 2.80 bits per heavy atom. The van der Waals surface area contributed by atoms with Crippen molar-refractivity contribution >= 4 is 38.3 Å². The van der Waals surface area contributed by atoms with Crippen LogP contribution in [-0.2, 0) is 11.3 Å². The Labute approximate surface area is 147 Å². The lowest BCUT2D eigenvalue weighted by Gasteiger charge is -2.03. The fourth-order valence-electron chi connectivity index (χ4n) is 2.64. The van der Waals surface area contributed by atoms with Crippen LogP contribution in [-0.4, -0.2) is 25.6 Å². The van der Waals surface area contributed by atoms with E-state index in [1.54, 1.807) is 13.8 Å². The first-order valence-electron chi connectivity index (χ1n) is 7.70. The van der Waals surface area contributed by atoms with Crippen LogP contribution in [0.3, 0.4) is 0 Å². The number of rotatable bonds is 5. The number of benzene rings is 1. The van der Waals surface area contributed by atoms with Crippen molar-refractivity contribution in [2.24, 2.45) is 0 Å². The van der Waals surface area contributed by atoms with Crippen LogP contribution in [0.1, 0.15) is 23.4 Å². The van der Waals surface area contributed by atoms with Crippen LogP contribution in [0.25, 0.3) is 10.2 Å². The van der Waals surface area contributed by atoms with Gasteiger partial charge in [-0.3, -0.25) is 19.6 Å². The fourth-order valence-corrected chi connectivity index (χ4v) is 3.62. The van der Waals surface area contributed by atoms with E-state index < -0.39 is 4.92 Å². The highest BCUT2D eigenvalue weighted by atomic mass is 32.1. The normalized spacial score (nSPS) is 11.0. The summed E-state index contributed by atoms with van der Waals surface area (Å²) in [4.78, 5) is 27.1. The number of anilines is 1. The van der Waals surface area contributed by atoms with Crippen LogP contribution in [0.5, 0.6) is 0 Å². The molecule has 0 bridgehead atoms. The SMILES string of the molecule is Cc1ccc2nc(NC(=O)CCn3nc(C)c([N+](=O)[O-])c3C)sc2c1. The summed E-state index contributed by atoms with van der Waals surface area (Å²) in [5, 5.41) is 18.5. The van der Waals surface area contributed by atoms with E-state index in [9.17, 15) is 14.9 Å². The van der Waals surface area contributed by atoms with Crippen molar-refractivity contribution in [2.75, 3.05) is 5.32 Å². The van der Waals surface area contributed by atoms with Gasteiger partial charge in [-0.2, -0.15) is 5.10 Å². The summed E-state index contributed by atoms with van der Waals surface area (Å²) in [6.07, 6.45) is 0.161. The zero-order valence-corrected chi connectivity index (χ0v) is 14.9. The highest BCUT2D eigenvalue weighted by molar-refractivity contribution is 7.22. The van der Waals surface area contributed by atoms with Gasteiger partial charge in [0.2, 0.25) is 5.91 Å². The Kier molecular flexibility index (Phi) is 4.49. The third-order valence-corrected chi connectivity index (χ3v) is 4.80. The van der Waals surface area contributed by atoms with Gasteiger partial charge in [-0.1, -0.05) is 17.4 Å². The highest BCUT2D eigenvalue weighted by Crippen LogP contribution is 2.27. The molecule has 2 aromatic heterocycles. The van der Waals surface area contributed by atoms with Gasteiger partial charge in [-0.15, -0.1) is 0 Å². The largest absolute Gasteiger partial charge is 0.312 e. The molecule has 0 aliphatic carbocycles.